The second-order valence-electron chi connectivity index (χ2n) is 10.6. The zero-order valence-electron chi connectivity index (χ0n) is 23.0. The lowest BCUT2D eigenvalue weighted by molar-refractivity contribution is -0.183. The molecule has 0 bridgehead atoms. The quantitative estimate of drug-likeness (QED) is 0.268. The van der Waals surface area contributed by atoms with E-state index in [-0.39, 0.29) is 6.54 Å². The van der Waals surface area contributed by atoms with Crippen LogP contribution in [0.1, 0.15) is 55.9 Å². The van der Waals surface area contributed by atoms with Crippen LogP contribution in [0.4, 0.5) is 5.69 Å². The van der Waals surface area contributed by atoms with Crippen LogP contribution in [0.2, 0.25) is 10.0 Å². The van der Waals surface area contributed by atoms with E-state index in [9.17, 15) is 23.1 Å². The highest BCUT2D eigenvalue weighted by Gasteiger charge is 2.49. The molecule has 1 aliphatic heterocycles. The first-order valence-electron chi connectivity index (χ1n) is 13.9. The molecule has 2 fully saturated rings. The van der Waals surface area contributed by atoms with Crippen molar-refractivity contribution in [3.05, 3.63) is 100 Å². The maximum atomic E-state index is 14.2. The van der Waals surface area contributed by atoms with Crippen molar-refractivity contribution in [2.45, 2.75) is 62.1 Å². The Morgan fingerprint density at radius 3 is 2.29 bits per heavy atom. The van der Waals surface area contributed by atoms with Crippen LogP contribution >= 0.6 is 23.2 Å². The number of amides is 1. The van der Waals surface area contributed by atoms with Gasteiger partial charge in [0.2, 0.25) is 10.0 Å². The predicted octanol–water partition coefficient (Wildman–Crippen LogP) is 6.26. The second kappa shape index (κ2) is 12.6. The van der Waals surface area contributed by atoms with E-state index in [1.54, 1.807) is 71.6 Å². The Balaban J connectivity index is 1.64. The Morgan fingerprint density at radius 2 is 1.69 bits per heavy atom. The zero-order valence-corrected chi connectivity index (χ0v) is 25.3. The first kappa shape index (κ1) is 30.4. The maximum absolute atomic E-state index is 14.2. The van der Waals surface area contributed by atoms with Crippen LogP contribution in [0.3, 0.4) is 0 Å². The van der Waals surface area contributed by atoms with Crippen LogP contribution in [-0.2, 0) is 24.3 Å². The highest BCUT2D eigenvalue weighted by atomic mass is 35.5. The number of carboxylic acids is 1. The molecule has 0 aromatic heterocycles. The Morgan fingerprint density at radius 1 is 1.00 bits per heavy atom. The van der Waals surface area contributed by atoms with Gasteiger partial charge in [-0.15, -0.1) is 0 Å². The molecule has 8 nitrogen and oxygen atoms in total. The van der Waals surface area contributed by atoms with Gasteiger partial charge in [0.25, 0.3) is 5.91 Å². The van der Waals surface area contributed by atoms with E-state index in [4.69, 9.17) is 27.9 Å². The number of anilines is 1. The van der Waals surface area contributed by atoms with Crippen molar-refractivity contribution in [1.82, 2.24) is 4.90 Å². The number of rotatable bonds is 11. The number of para-hydroxylation sites is 1. The van der Waals surface area contributed by atoms with Crippen molar-refractivity contribution >= 4 is 50.8 Å². The van der Waals surface area contributed by atoms with E-state index >= 15 is 0 Å². The third-order valence-electron chi connectivity index (χ3n) is 7.71. The molecule has 1 N–H and O–H groups in total. The maximum Gasteiger partial charge on any atom is 0.306 e. The molecule has 2 aliphatic rings. The largest absolute Gasteiger partial charge is 0.481 e. The van der Waals surface area contributed by atoms with Crippen molar-refractivity contribution in [2.24, 2.45) is 0 Å². The molecule has 5 rings (SSSR count). The number of benzene rings is 3. The molecule has 3 aromatic rings. The summed E-state index contributed by atoms with van der Waals surface area (Å²) >= 11 is 12.6. The molecule has 0 spiro atoms. The number of ether oxygens (including phenoxy) is 1. The number of sulfonamides is 1. The van der Waals surface area contributed by atoms with Gasteiger partial charge in [-0.25, -0.2) is 8.42 Å². The number of hydrogen-bond donors (Lipinski definition) is 1. The molecule has 1 saturated heterocycles. The number of nitrogens with zero attached hydrogens (tertiary/aromatic N) is 2. The summed E-state index contributed by atoms with van der Waals surface area (Å²) in [5.74, 6) is -1.70. The topological polar surface area (TPSA) is 104 Å². The minimum absolute atomic E-state index is 0.00274. The number of carbonyl (C=O) groups excluding carboxylic acids is 1. The third kappa shape index (κ3) is 6.44. The SMILES string of the molecule is CC[C@H](CN(c1ccccc1)S(=O)(=O)C1CC1)N1C(=O)[C@@H](CC(=O)O)O[C@H](c2cccc(Cl)c2)[C@@H]1c1ccc(Cl)cc1. The van der Waals surface area contributed by atoms with Gasteiger partial charge < -0.3 is 14.7 Å². The van der Waals surface area contributed by atoms with E-state index in [2.05, 4.69) is 0 Å². The summed E-state index contributed by atoms with van der Waals surface area (Å²) in [4.78, 5) is 27.7. The molecule has 222 valence electrons. The number of carboxylic acid groups (broad SMARTS) is 1. The Hall–Kier alpha value is -3.11. The summed E-state index contributed by atoms with van der Waals surface area (Å²) in [6.45, 7) is 1.89. The average Bonchev–Trinajstić information content (AvgIpc) is 3.82. The first-order chi connectivity index (χ1) is 20.1. The zero-order chi connectivity index (χ0) is 30.0. The minimum atomic E-state index is -3.70. The van der Waals surface area contributed by atoms with Gasteiger partial charge in [0, 0.05) is 10.0 Å². The fourth-order valence-corrected chi connectivity index (χ4v) is 7.71. The molecule has 1 saturated carbocycles. The van der Waals surface area contributed by atoms with Crippen LogP contribution in [0.15, 0.2) is 78.9 Å². The molecule has 3 aromatic carbocycles. The highest BCUT2D eigenvalue weighted by Crippen LogP contribution is 2.45. The van der Waals surface area contributed by atoms with Crippen LogP contribution in [0.25, 0.3) is 0 Å². The molecule has 1 heterocycles. The van der Waals surface area contributed by atoms with Gasteiger partial charge in [0.1, 0.15) is 12.2 Å². The average molecular weight is 632 g/mol. The molecule has 0 unspecified atom stereocenters. The van der Waals surface area contributed by atoms with Gasteiger partial charge in [-0.3, -0.25) is 13.9 Å². The number of halogens is 2. The summed E-state index contributed by atoms with van der Waals surface area (Å²) in [7, 11) is -3.70. The van der Waals surface area contributed by atoms with Crippen molar-refractivity contribution in [3.8, 4) is 0 Å². The van der Waals surface area contributed by atoms with Crippen molar-refractivity contribution in [1.29, 1.82) is 0 Å². The summed E-state index contributed by atoms with van der Waals surface area (Å²) in [6.07, 6.45) is -1.03. The van der Waals surface area contributed by atoms with Crippen LogP contribution in [0.5, 0.6) is 0 Å². The van der Waals surface area contributed by atoms with E-state index in [0.717, 1.165) is 0 Å². The van der Waals surface area contributed by atoms with Crippen LogP contribution in [0, 0.1) is 0 Å². The minimum Gasteiger partial charge on any atom is -0.481 e. The lowest BCUT2D eigenvalue weighted by Gasteiger charge is -2.48. The summed E-state index contributed by atoms with van der Waals surface area (Å²) in [6, 6.07) is 21.6. The van der Waals surface area contributed by atoms with Gasteiger partial charge in [0.15, 0.2) is 0 Å². The third-order valence-corrected chi connectivity index (χ3v) is 10.5. The molecule has 1 amide bonds. The lowest BCUT2D eigenvalue weighted by atomic mass is 9.89. The van der Waals surface area contributed by atoms with E-state index < -0.39 is 57.9 Å². The monoisotopic (exact) mass is 630 g/mol. The number of hydrogen-bond acceptors (Lipinski definition) is 5. The van der Waals surface area contributed by atoms with Gasteiger partial charge in [-0.1, -0.05) is 72.6 Å². The van der Waals surface area contributed by atoms with E-state index in [0.29, 0.717) is 46.1 Å². The Bertz CT molecular complexity index is 1530. The summed E-state index contributed by atoms with van der Waals surface area (Å²) in [5.41, 5.74) is 1.89. The van der Waals surface area contributed by atoms with Gasteiger partial charge in [-0.2, -0.15) is 0 Å². The molecule has 11 heteroatoms. The Labute approximate surface area is 255 Å². The molecular formula is C31H32Cl2N2O6S. The fraction of sp³-hybridized carbons (Fsp3) is 0.355. The number of aliphatic carboxylic acids is 1. The molecular weight excluding hydrogens is 599 g/mol. The predicted molar refractivity (Wildman–Crippen MR) is 162 cm³/mol. The van der Waals surface area contributed by atoms with Crippen molar-refractivity contribution in [2.75, 3.05) is 10.8 Å². The first-order valence-corrected chi connectivity index (χ1v) is 16.1. The number of morpholine rings is 1. The van der Waals surface area contributed by atoms with Gasteiger partial charge in [-0.05, 0) is 66.8 Å². The summed E-state index contributed by atoms with van der Waals surface area (Å²) < 4.78 is 35.1. The van der Waals surface area contributed by atoms with Crippen molar-refractivity contribution < 1.29 is 27.9 Å². The molecule has 1 aliphatic carbocycles. The Kier molecular flexibility index (Phi) is 9.13. The molecule has 42 heavy (non-hydrogen) atoms. The van der Waals surface area contributed by atoms with Crippen molar-refractivity contribution in [3.63, 3.8) is 0 Å². The van der Waals surface area contributed by atoms with Crippen LogP contribution in [-0.4, -0.2) is 54.2 Å². The second-order valence-corrected chi connectivity index (χ2v) is 13.6. The lowest BCUT2D eigenvalue weighted by Crippen LogP contribution is -2.58. The molecule has 0 radical (unpaired) electrons. The smallest absolute Gasteiger partial charge is 0.306 e. The highest BCUT2D eigenvalue weighted by molar-refractivity contribution is 7.93. The number of carbonyl (C=O) groups is 2. The van der Waals surface area contributed by atoms with Crippen LogP contribution < -0.4 is 4.31 Å². The standard InChI is InChI=1S/C31H32Cl2N2O6S/c1-2-24(19-34(25-9-4-3-5-10-25)42(39,40)26-15-16-26)35-29(20-11-13-22(32)14-12-20)30(21-7-6-8-23(33)17-21)41-27(31(35)38)18-28(36)37/h3-14,17,24,26-27,29-30H,2,15-16,18-19H2,1H3,(H,36,37)/t24-,27-,29+,30-/m1/s1. The normalized spacial score (nSPS) is 21.6. The van der Waals surface area contributed by atoms with Gasteiger partial charge in [0.05, 0.1) is 36.0 Å². The van der Waals surface area contributed by atoms with Gasteiger partial charge >= 0.3 is 5.97 Å². The van der Waals surface area contributed by atoms with E-state index in [1.807, 2.05) is 19.1 Å². The fourth-order valence-electron chi connectivity index (χ4n) is 5.50. The summed E-state index contributed by atoms with van der Waals surface area (Å²) in [5, 5.41) is 10.2. The van der Waals surface area contributed by atoms with E-state index in [1.165, 1.54) is 4.31 Å². The molecule has 4 atom stereocenters.